The molecule has 24 heavy (non-hydrogen) atoms. The molecular weight excluding hydrogens is 310 g/mol. The SMILES string of the molecule is CCCCC/C=C/C[N+](CCO)(C(CC)C(=O)O)C(CC)C(=O)O. The van der Waals surface area contributed by atoms with Gasteiger partial charge in [0.1, 0.15) is 6.54 Å². The van der Waals surface area contributed by atoms with Crippen LogP contribution in [0.5, 0.6) is 0 Å². The topological polar surface area (TPSA) is 94.8 Å². The summed E-state index contributed by atoms with van der Waals surface area (Å²) in [5, 5.41) is 28.7. The van der Waals surface area contributed by atoms with Crippen LogP contribution in [0.3, 0.4) is 0 Å². The summed E-state index contributed by atoms with van der Waals surface area (Å²) in [5.74, 6) is -2.02. The van der Waals surface area contributed by atoms with Gasteiger partial charge in [-0.05, 0) is 18.9 Å². The van der Waals surface area contributed by atoms with Gasteiger partial charge in [0, 0.05) is 12.8 Å². The van der Waals surface area contributed by atoms with Crippen molar-refractivity contribution in [1.29, 1.82) is 0 Å². The van der Waals surface area contributed by atoms with Crippen LogP contribution in [0.4, 0.5) is 0 Å². The Hall–Kier alpha value is -1.40. The van der Waals surface area contributed by atoms with Crippen LogP contribution in [0.1, 0.15) is 59.3 Å². The van der Waals surface area contributed by atoms with Crippen LogP contribution >= 0.6 is 0 Å². The third-order valence-electron chi connectivity index (χ3n) is 4.69. The second-order valence-corrected chi connectivity index (χ2v) is 6.22. The molecule has 0 aromatic carbocycles. The molecular formula is C18H34NO5+. The lowest BCUT2D eigenvalue weighted by molar-refractivity contribution is -0.953. The predicted molar refractivity (Wildman–Crippen MR) is 93.8 cm³/mol. The van der Waals surface area contributed by atoms with Gasteiger partial charge in [-0.2, -0.15) is 0 Å². The molecule has 140 valence electrons. The van der Waals surface area contributed by atoms with Gasteiger partial charge in [-0.15, -0.1) is 0 Å². The Bertz CT molecular complexity index is 386. The van der Waals surface area contributed by atoms with Crippen molar-refractivity contribution in [2.24, 2.45) is 0 Å². The predicted octanol–water partition coefficient (Wildman–Crippen LogP) is 2.66. The van der Waals surface area contributed by atoms with Crippen molar-refractivity contribution in [3.8, 4) is 0 Å². The van der Waals surface area contributed by atoms with Crippen molar-refractivity contribution in [2.45, 2.75) is 71.4 Å². The van der Waals surface area contributed by atoms with Gasteiger partial charge in [-0.1, -0.05) is 39.7 Å². The Morgan fingerprint density at radius 3 is 1.88 bits per heavy atom. The lowest BCUT2D eigenvalue weighted by Gasteiger charge is -2.45. The van der Waals surface area contributed by atoms with E-state index in [1.165, 1.54) is 0 Å². The van der Waals surface area contributed by atoms with Gasteiger partial charge in [-0.25, -0.2) is 9.59 Å². The van der Waals surface area contributed by atoms with E-state index < -0.39 is 24.0 Å². The molecule has 0 amide bonds. The molecule has 0 fully saturated rings. The number of hydrogen-bond donors (Lipinski definition) is 3. The number of rotatable bonds is 14. The molecule has 0 aromatic heterocycles. The van der Waals surface area contributed by atoms with Crippen molar-refractivity contribution >= 4 is 11.9 Å². The third-order valence-corrected chi connectivity index (χ3v) is 4.69. The highest BCUT2D eigenvalue weighted by Crippen LogP contribution is 2.25. The first-order chi connectivity index (χ1) is 11.4. The quantitative estimate of drug-likeness (QED) is 0.256. The van der Waals surface area contributed by atoms with Crippen LogP contribution < -0.4 is 0 Å². The lowest BCUT2D eigenvalue weighted by Crippen LogP contribution is -2.67. The molecule has 6 nitrogen and oxygen atoms in total. The molecule has 0 aliphatic rings. The average Bonchev–Trinajstić information content (AvgIpc) is 2.51. The molecule has 3 N–H and O–H groups in total. The van der Waals surface area contributed by atoms with Crippen LogP contribution in [-0.4, -0.2) is 63.5 Å². The Kier molecular flexibility index (Phi) is 11.3. The van der Waals surface area contributed by atoms with Crippen LogP contribution in [-0.2, 0) is 9.59 Å². The molecule has 0 rings (SSSR count). The number of unbranched alkanes of at least 4 members (excludes halogenated alkanes) is 3. The first kappa shape index (κ1) is 22.6. The minimum absolute atomic E-state index is 0.120. The van der Waals surface area contributed by atoms with E-state index in [0.29, 0.717) is 19.4 Å². The number of aliphatic hydroxyl groups excluding tert-OH is 1. The number of quaternary nitrogens is 1. The van der Waals surface area contributed by atoms with Crippen molar-refractivity contribution in [3.63, 3.8) is 0 Å². The number of hydrogen-bond acceptors (Lipinski definition) is 3. The van der Waals surface area contributed by atoms with E-state index >= 15 is 0 Å². The molecule has 0 bridgehead atoms. The fourth-order valence-electron chi connectivity index (χ4n) is 3.48. The fourth-order valence-corrected chi connectivity index (χ4v) is 3.48. The lowest BCUT2D eigenvalue weighted by atomic mass is 10.0. The van der Waals surface area contributed by atoms with E-state index in [1.807, 2.05) is 12.2 Å². The summed E-state index contributed by atoms with van der Waals surface area (Å²) in [5.41, 5.74) is 0. The Morgan fingerprint density at radius 2 is 1.50 bits per heavy atom. The highest BCUT2D eigenvalue weighted by atomic mass is 16.4. The second-order valence-electron chi connectivity index (χ2n) is 6.22. The number of allylic oxidation sites excluding steroid dienone is 1. The largest absolute Gasteiger partial charge is 0.477 e. The van der Waals surface area contributed by atoms with Crippen molar-refractivity contribution < 1.29 is 29.4 Å². The number of carbonyl (C=O) groups is 2. The summed E-state index contributed by atoms with van der Waals surface area (Å²) >= 11 is 0. The number of nitrogens with zero attached hydrogens (tertiary/aromatic N) is 1. The van der Waals surface area contributed by atoms with Gasteiger partial charge in [0.05, 0.1) is 13.2 Å². The summed E-state index contributed by atoms with van der Waals surface area (Å²) < 4.78 is -0.140. The maximum Gasteiger partial charge on any atom is 0.362 e. The molecule has 2 atom stereocenters. The zero-order valence-corrected chi connectivity index (χ0v) is 15.3. The minimum Gasteiger partial charge on any atom is -0.477 e. The number of aliphatic carboxylic acids is 2. The van der Waals surface area contributed by atoms with Gasteiger partial charge in [0.15, 0.2) is 12.1 Å². The van der Waals surface area contributed by atoms with Gasteiger partial charge in [0.25, 0.3) is 0 Å². The Morgan fingerprint density at radius 1 is 0.958 bits per heavy atom. The van der Waals surface area contributed by atoms with Crippen molar-refractivity contribution in [2.75, 3.05) is 19.7 Å². The van der Waals surface area contributed by atoms with E-state index in [-0.39, 0.29) is 17.6 Å². The number of carboxylic acids is 2. The molecule has 2 unspecified atom stereocenters. The van der Waals surface area contributed by atoms with Crippen LogP contribution in [0.2, 0.25) is 0 Å². The number of carboxylic acid groups (broad SMARTS) is 2. The molecule has 0 aromatic rings. The zero-order valence-electron chi connectivity index (χ0n) is 15.3. The van der Waals surface area contributed by atoms with Crippen LogP contribution in [0.15, 0.2) is 12.2 Å². The minimum atomic E-state index is -1.01. The van der Waals surface area contributed by atoms with E-state index in [4.69, 9.17) is 0 Å². The molecule has 0 heterocycles. The summed E-state index contributed by atoms with van der Waals surface area (Å²) in [6.45, 7) is 5.82. The molecule has 0 radical (unpaired) electrons. The zero-order chi connectivity index (χ0) is 18.6. The molecule has 0 spiro atoms. The Labute approximate surface area is 145 Å². The summed E-state index contributed by atoms with van der Waals surface area (Å²) in [6.07, 6.45) is 8.78. The number of aliphatic hydroxyl groups is 1. The molecule has 0 aliphatic carbocycles. The molecule has 0 saturated heterocycles. The summed E-state index contributed by atoms with van der Waals surface area (Å²) in [6, 6.07) is -1.70. The van der Waals surface area contributed by atoms with Gasteiger partial charge >= 0.3 is 11.9 Å². The maximum atomic E-state index is 11.8. The van der Waals surface area contributed by atoms with Crippen molar-refractivity contribution in [3.05, 3.63) is 12.2 Å². The van der Waals surface area contributed by atoms with E-state index in [1.54, 1.807) is 13.8 Å². The highest BCUT2D eigenvalue weighted by molar-refractivity contribution is 5.75. The first-order valence-electron chi connectivity index (χ1n) is 8.99. The summed E-state index contributed by atoms with van der Waals surface area (Å²) in [7, 11) is 0. The van der Waals surface area contributed by atoms with Crippen LogP contribution in [0, 0.1) is 0 Å². The average molecular weight is 344 g/mol. The highest BCUT2D eigenvalue weighted by Gasteiger charge is 2.48. The van der Waals surface area contributed by atoms with Gasteiger partial charge in [0.2, 0.25) is 0 Å². The first-order valence-corrected chi connectivity index (χ1v) is 8.99. The Balaban J connectivity index is 5.56. The van der Waals surface area contributed by atoms with Crippen LogP contribution in [0.25, 0.3) is 0 Å². The molecule has 0 saturated carbocycles. The van der Waals surface area contributed by atoms with E-state index in [2.05, 4.69) is 6.92 Å². The molecule has 0 aliphatic heterocycles. The summed E-state index contributed by atoms with van der Waals surface area (Å²) in [4.78, 5) is 23.5. The maximum absolute atomic E-state index is 11.8. The third kappa shape index (κ3) is 6.24. The van der Waals surface area contributed by atoms with E-state index in [0.717, 1.165) is 25.7 Å². The second kappa shape index (κ2) is 12.0. The van der Waals surface area contributed by atoms with Gasteiger partial charge < -0.3 is 15.3 Å². The monoisotopic (exact) mass is 344 g/mol. The van der Waals surface area contributed by atoms with Crippen molar-refractivity contribution in [1.82, 2.24) is 0 Å². The normalized spacial score (nSPS) is 16.7. The van der Waals surface area contributed by atoms with E-state index in [9.17, 15) is 24.9 Å². The smallest absolute Gasteiger partial charge is 0.362 e. The fraction of sp³-hybridized carbons (Fsp3) is 0.778. The van der Waals surface area contributed by atoms with Gasteiger partial charge in [-0.3, -0.25) is 4.48 Å². The standard InChI is InChI=1S/C18H33NO5/c1-4-7-8-9-10-11-12-19(13-14-20,15(5-2)17(21)22)16(6-3)18(23)24/h10-11,15-16,20H,4-9,12-14H2,1-3H3,(H-,21,22,23,24)/p+1/b11-10+. The molecule has 6 heteroatoms.